The van der Waals surface area contributed by atoms with E-state index < -0.39 is 0 Å². The van der Waals surface area contributed by atoms with Crippen molar-refractivity contribution >= 4 is 0 Å². The van der Waals surface area contributed by atoms with Gasteiger partial charge in [0.05, 0.1) is 25.4 Å². The van der Waals surface area contributed by atoms with Crippen LogP contribution >= 0.6 is 0 Å². The highest BCUT2D eigenvalue weighted by molar-refractivity contribution is 4.92. The molecule has 1 aliphatic rings. The molecule has 3 nitrogen and oxygen atoms in total. The summed E-state index contributed by atoms with van der Waals surface area (Å²) in [6.45, 7) is 10.9. The molecular formula is C16H32O3. The zero-order valence-corrected chi connectivity index (χ0v) is 13.6. The predicted octanol–water partition coefficient (Wildman–Crippen LogP) is 3.52. The van der Waals surface area contributed by atoms with E-state index in [1.165, 1.54) is 19.3 Å². The lowest BCUT2D eigenvalue weighted by atomic mass is 9.66. The van der Waals surface area contributed by atoms with Crippen LogP contribution in [0.25, 0.3) is 0 Å². The molecule has 1 saturated carbocycles. The Morgan fingerprint density at radius 3 is 1.84 bits per heavy atom. The Labute approximate surface area is 119 Å². The Hall–Kier alpha value is -0.120. The molecule has 19 heavy (non-hydrogen) atoms. The third-order valence-corrected chi connectivity index (χ3v) is 4.96. The molecule has 0 amide bonds. The summed E-state index contributed by atoms with van der Waals surface area (Å²) in [7, 11) is 3.55. The summed E-state index contributed by atoms with van der Waals surface area (Å²) in [4.78, 5) is 0. The van der Waals surface area contributed by atoms with Crippen molar-refractivity contribution in [2.75, 3.05) is 34.0 Å². The minimum absolute atomic E-state index is 0.0217. The van der Waals surface area contributed by atoms with Crippen molar-refractivity contribution in [3.05, 3.63) is 0 Å². The predicted molar refractivity (Wildman–Crippen MR) is 78.4 cm³/mol. The van der Waals surface area contributed by atoms with Gasteiger partial charge < -0.3 is 14.2 Å². The van der Waals surface area contributed by atoms with Gasteiger partial charge in [-0.05, 0) is 38.5 Å². The molecule has 0 aromatic carbocycles. The van der Waals surface area contributed by atoms with Gasteiger partial charge in [-0.3, -0.25) is 0 Å². The summed E-state index contributed by atoms with van der Waals surface area (Å²) in [5.74, 6) is 1.17. The molecule has 1 fully saturated rings. The van der Waals surface area contributed by atoms with Gasteiger partial charge in [0.25, 0.3) is 0 Å². The number of rotatable bonds is 9. The molecule has 0 aromatic rings. The monoisotopic (exact) mass is 272 g/mol. The first-order chi connectivity index (χ1) is 8.88. The fraction of sp³-hybridized carbons (Fsp3) is 1.00. The van der Waals surface area contributed by atoms with E-state index in [-0.39, 0.29) is 11.0 Å². The smallest absolute Gasteiger partial charge is 0.0649 e. The molecule has 1 rings (SSSR count). The standard InChI is InChI=1S/C16H32O3/c1-13(2)15(3,4)19-12-16(10-17-5,11-18-6)14-8-7-9-14/h13-14H,7-12H2,1-6H3. The minimum atomic E-state index is -0.101. The van der Waals surface area contributed by atoms with Gasteiger partial charge in [0.1, 0.15) is 0 Å². The molecular weight excluding hydrogens is 240 g/mol. The quantitative estimate of drug-likeness (QED) is 0.643. The van der Waals surface area contributed by atoms with Gasteiger partial charge in [-0.15, -0.1) is 0 Å². The van der Waals surface area contributed by atoms with E-state index in [4.69, 9.17) is 14.2 Å². The molecule has 0 spiro atoms. The van der Waals surface area contributed by atoms with E-state index in [2.05, 4.69) is 27.7 Å². The fourth-order valence-corrected chi connectivity index (χ4v) is 2.57. The van der Waals surface area contributed by atoms with Crippen molar-refractivity contribution in [1.82, 2.24) is 0 Å². The van der Waals surface area contributed by atoms with Crippen LogP contribution in [0.2, 0.25) is 0 Å². The van der Waals surface area contributed by atoms with Crippen LogP contribution in [0.1, 0.15) is 47.0 Å². The van der Waals surface area contributed by atoms with Gasteiger partial charge in [-0.25, -0.2) is 0 Å². The number of ether oxygens (including phenoxy) is 3. The molecule has 0 bridgehead atoms. The van der Waals surface area contributed by atoms with Gasteiger partial charge in [0.15, 0.2) is 0 Å². The van der Waals surface area contributed by atoms with Crippen LogP contribution in [0.3, 0.4) is 0 Å². The lowest BCUT2D eigenvalue weighted by molar-refractivity contribution is -0.149. The Kier molecular flexibility index (Phi) is 6.28. The Morgan fingerprint density at radius 1 is 1.00 bits per heavy atom. The Morgan fingerprint density at radius 2 is 1.53 bits per heavy atom. The third kappa shape index (κ3) is 4.17. The van der Waals surface area contributed by atoms with Crippen molar-refractivity contribution < 1.29 is 14.2 Å². The maximum absolute atomic E-state index is 6.26. The van der Waals surface area contributed by atoms with E-state index in [0.717, 1.165) is 19.8 Å². The first kappa shape index (κ1) is 16.9. The van der Waals surface area contributed by atoms with Crippen molar-refractivity contribution in [2.24, 2.45) is 17.3 Å². The Balaban J connectivity index is 2.72. The number of methoxy groups -OCH3 is 2. The van der Waals surface area contributed by atoms with Crippen LogP contribution in [0.15, 0.2) is 0 Å². The zero-order valence-electron chi connectivity index (χ0n) is 13.6. The second-order valence-electron chi connectivity index (χ2n) is 6.90. The molecule has 0 saturated heterocycles. The summed E-state index contributed by atoms with van der Waals surface area (Å²) in [6.07, 6.45) is 3.88. The second-order valence-corrected chi connectivity index (χ2v) is 6.90. The summed E-state index contributed by atoms with van der Waals surface area (Å²) in [6, 6.07) is 0. The summed E-state index contributed by atoms with van der Waals surface area (Å²) >= 11 is 0. The largest absolute Gasteiger partial charge is 0.384 e. The summed E-state index contributed by atoms with van der Waals surface area (Å²) < 4.78 is 17.2. The van der Waals surface area contributed by atoms with Crippen LogP contribution < -0.4 is 0 Å². The molecule has 3 heteroatoms. The highest BCUT2D eigenvalue weighted by Crippen LogP contribution is 2.43. The van der Waals surface area contributed by atoms with Crippen LogP contribution in [0.5, 0.6) is 0 Å². The third-order valence-electron chi connectivity index (χ3n) is 4.96. The van der Waals surface area contributed by atoms with Gasteiger partial charge in [-0.1, -0.05) is 20.3 Å². The summed E-state index contributed by atoms with van der Waals surface area (Å²) in [5, 5.41) is 0. The van der Waals surface area contributed by atoms with Crippen LogP contribution in [0, 0.1) is 17.3 Å². The first-order valence-electron chi connectivity index (χ1n) is 7.50. The average Bonchev–Trinajstić information content (AvgIpc) is 2.24. The normalized spacial score (nSPS) is 17.8. The second kappa shape index (κ2) is 7.05. The molecule has 0 aromatic heterocycles. The zero-order chi connectivity index (χ0) is 14.5. The lowest BCUT2D eigenvalue weighted by Gasteiger charge is -2.46. The highest BCUT2D eigenvalue weighted by Gasteiger charge is 2.43. The molecule has 0 aliphatic heterocycles. The molecule has 1 aliphatic carbocycles. The molecule has 114 valence electrons. The topological polar surface area (TPSA) is 27.7 Å². The average molecular weight is 272 g/mol. The maximum Gasteiger partial charge on any atom is 0.0649 e. The van der Waals surface area contributed by atoms with Crippen molar-refractivity contribution in [1.29, 1.82) is 0 Å². The van der Waals surface area contributed by atoms with Gasteiger partial charge in [0, 0.05) is 19.6 Å². The van der Waals surface area contributed by atoms with E-state index in [0.29, 0.717) is 11.8 Å². The molecule has 0 N–H and O–H groups in total. The van der Waals surface area contributed by atoms with Crippen LogP contribution in [0.4, 0.5) is 0 Å². The summed E-state index contributed by atoms with van der Waals surface area (Å²) in [5.41, 5.74) is -0.0790. The van der Waals surface area contributed by atoms with Gasteiger partial charge in [-0.2, -0.15) is 0 Å². The van der Waals surface area contributed by atoms with Gasteiger partial charge in [0.2, 0.25) is 0 Å². The van der Waals surface area contributed by atoms with Crippen LogP contribution in [-0.4, -0.2) is 39.6 Å². The number of hydrogen-bond donors (Lipinski definition) is 0. The Bertz CT molecular complexity index is 251. The van der Waals surface area contributed by atoms with E-state index in [9.17, 15) is 0 Å². The molecule has 0 heterocycles. The van der Waals surface area contributed by atoms with Crippen molar-refractivity contribution in [3.8, 4) is 0 Å². The number of hydrogen-bond acceptors (Lipinski definition) is 3. The van der Waals surface area contributed by atoms with E-state index in [1.54, 1.807) is 14.2 Å². The lowest BCUT2D eigenvalue weighted by Crippen LogP contribution is -2.48. The fourth-order valence-electron chi connectivity index (χ4n) is 2.57. The maximum atomic E-state index is 6.26. The molecule has 0 unspecified atom stereocenters. The van der Waals surface area contributed by atoms with Crippen LogP contribution in [-0.2, 0) is 14.2 Å². The SMILES string of the molecule is COCC(COC)(COC(C)(C)C(C)C)C1CCC1. The molecule has 0 radical (unpaired) electrons. The first-order valence-corrected chi connectivity index (χ1v) is 7.50. The van der Waals surface area contributed by atoms with E-state index >= 15 is 0 Å². The van der Waals surface area contributed by atoms with Crippen molar-refractivity contribution in [3.63, 3.8) is 0 Å². The molecule has 0 atom stereocenters. The van der Waals surface area contributed by atoms with Crippen molar-refractivity contribution in [2.45, 2.75) is 52.6 Å². The highest BCUT2D eigenvalue weighted by atomic mass is 16.5. The van der Waals surface area contributed by atoms with Gasteiger partial charge >= 0.3 is 0 Å². The van der Waals surface area contributed by atoms with E-state index in [1.807, 2.05) is 0 Å². The minimum Gasteiger partial charge on any atom is -0.384 e.